The maximum absolute atomic E-state index is 12.2. The number of halogens is 2. The minimum absolute atomic E-state index is 0.137. The number of nitrogens with one attached hydrogen (secondary N) is 1. The van der Waals surface area contributed by atoms with Crippen molar-refractivity contribution in [3.8, 4) is 0 Å². The Hall–Kier alpha value is -1.55. The molecule has 134 valence electrons. The quantitative estimate of drug-likeness (QED) is 0.758. The van der Waals surface area contributed by atoms with Crippen LogP contribution in [0.4, 0.5) is 5.69 Å². The molecule has 0 atom stereocenters. The van der Waals surface area contributed by atoms with Crippen LogP contribution in [-0.2, 0) is 16.8 Å². The fourth-order valence-electron chi connectivity index (χ4n) is 2.52. The number of hydrogen-bond donors (Lipinski definition) is 1. The van der Waals surface area contributed by atoms with E-state index in [1.54, 1.807) is 18.2 Å². The number of nitrogens with zero attached hydrogens (tertiary/aromatic N) is 1. The Bertz CT molecular complexity index is 716. The van der Waals surface area contributed by atoms with E-state index in [4.69, 9.17) is 23.2 Å². The third-order valence-corrected chi connectivity index (χ3v) is 4.54. The van der Waals surface area contributed by atoms with Crippen molar-refractivity contribution in [1.29, 1.82) is 0 Å². The number of amides is 1. The molecule has 0 aliphatic heterocycles. The number of hydrogen-bond acceptors (Lipinski definition) is 2. The predicted molar refractivity (Wildman–Crippen MR) is 107 cm³/mol. The van der Waals surface area contributed by atoms with Crippen molar-refractivity contribution in [3.63, 3.8) is 0 Å². The second-order valence-electron chi connectivity index (χ2n) is 7.26. The summed E-state index contributed by atoms with van der Waals surface area (Å²) in [6.07, 6.45) is 0. The van der Waals surface area contributed by atoms with E-state index in [0.29, 0.717) is 22.3 Å². The van der Waals surface area contributed by atoms with Gasteiger partial charge >= 0.3 is 0 Å². The highest BCUT2D eigenvalue weighted by atomic mass is 35.5. The van der Waals surface area contributed by atoms with Crippen molar-refractivity contribution < 1.29 is 4.79 Å². The monoisotopic (exact) mass is 378 g/mol. The second kappa shape index (κ2) is 8.22. The van der Waals surface area contributed by atoms with Gasteiger partial charge in [-0.25, -0.2) is 0 Å². The number of carbonyl (C=O) groups is 1. The second-order valence-corrected chi connectivity index (χ2v) is 8.08. The van der Waals surface area contributed by atoms with Crippen molar-refractivity contribution in [2.45, 2.75) is 32.7 Å². The lowest BCUT2D eigenvalue weighted by atomic mass is 9.87. The van der Waals surface area contributed by atoms with Crippen LogP contribution in [0.1, 0.15) is 31.9 Å². The molecule has 0 unspecified atom stereocenters. The first kappa shape index (κ1) is 19.8. The number of likely N-dealkylation sites (N-methyl/N-ethyl adjacent to an activating group) is 1. The molecule has 0 saturated carbocycles. The summed E-state index contributed by atoms with van der Waals surface area (Å²) in [5, 5.41) is 3.64. The lowest BCUT2D eigenvalue weighted by Gasteiger charge is -2.20. The van der Waals surface area contributed by atoms with Crippen molar-refractivity contribution in [2.75, 3.05) is 18.9 Å². The van der Waals surface area contributed by atoms with Crippen molar-refractivity contribution in [3.05, 3.63) is 63.6 Å². The Morgan fingerprint density at radius 2 is 1.60 bits per heavy atom. The molecule has 2 aromatic carbocycles. The maximum atomic E-state index is 12.2. The highest BCUT2D eigenvalue weighted by Gasteiger charge is 2.14. The summed E-state index contributed by atoms with van der Waals surface area (Å²) < 4.78 is 0. The molecule has 0 bridgehead atoms. The lowest BCUT2D eigenvalue weighted by Crippen LogP contribution is -2.30. The Morgan fingerprint density at radius 3 is 2.12 bits per heavy atom. The van der Waals surface area contributed by atoms with Crippen LogP contribution < -0.4 is 5.32 Å². The van der Waals surface area contributed by atoms with Crippen LogP contribution in [0.2, 0.25) is 10.0 Å². The smallest absolute Gasteiger partial charge is 0.238 e. The van der Waals surface area contributed by atoms with Crippen molar-refractivity contribution in [2.24, 2.45) is 0 Å². The zero-order chi connectivity index (χ0) is 18.6. The first-order chi connectivity index (χ1) is 11.7. The SMILES string of the molecule is CN(CC(=O)Nc1c(Cl)cccc1Cl)Cc1ccc(C(C)(C)C)cc1. The summed E-state index contributed by atoms with van der Waals surface area (Å²) in [5.74, 6) is -0.149. The molecule has 0 radical (unpaired) electrons. The molecule has 0 aliphatic carbocycles. The zero-order valence-corrected chi connectivity index (χ0v) is 16.6. The van der Waals surface area contributed by atoms with Crippen LogP contribution in [0, 0.1) is 0 Å². The topological polar surface area (TPSA) is 32.3 Å². The van der Waals surface area contributed by atoms with Gasteiger partial charge in [0.2, 0.25) is 5.91 Å². The Kier molecular flexibility index (Phi) is 6.50. The third-order valence-electron chi connectivity index (χ3n) is 3.91. The fourth-order valence-corrected chi connectivity index (χ4v) is 3.01. The molecule has 2 aromatic rings. The van der Waals surface area contributed by atoms with Crippen molar-refractivity contribution in [1.82, 2.24) is 4.90 Å². The molecule has 0 spiro atoms. The van der Waals surface area contributed by atoms with Gasteiger partial charge in [0.15, 0.2) is 0 Å². The van der Waals surface area contributed by atoms with Crippen LogP contribution in [0.5, 0.6) is 0 Å². The van der Waals surface area contributed by atoms with E-state index >= 15 is 0 Å². The molecule has 2 rings (SSSR count). The molecule has 0 aromatic heterocycles. The van der Waals surface area contributed by atoms with Gasteiger partial charge in [0.25, 0.3) is 0 Å². The van der Waals surface area contributed by atoms with Crippen LogP contribution in [0.15, 0.2) is 42.5 Å². The summed E-state index contributed by atoms with van der Waals surface area (Å²) in [5.41, 5.74) is 3.06. The summed E-state index contributed by atoms with van der Waals surface area (Å²) >= 11 is 12.2. The summed E-state index contributed by atoms with van der Waals surface area (Å²) in [7, 11) is 1.91. The van der Waals surface area contributed by atoms with Gasteiger partial charge in [0.05, 0.1) is 22.3 Å². The van der Waals surface area contributed by atoms with Gasteiger partial charge in [-0.05, 0) is 35.7 Å². The molecule has 0 heterocycles. The number of carbonyl (C=O) groups excluding carboxylic acids is 1. The van der Waals surface area contributed by atoms with Crippen LogP contribution in [0.25, 0.3) is 0 Å². The predicted octanol–water partition coefficient (Wildman–Crippen LogP) is 5.36. The Balaban J connectivity index is 1.93. The van der Waals surface area contributed by atoms with Crippen molar-refractivity contribution >= 4 is 34.8 Å². The van der Waals surface area contributed by atoms with Gasteiger partial charge in [-0.15, -0.1) is 0 Å². The lowest BCUT2D eigenvalue weighted by molar-refractivity contribution is -0.117. The Labute approximate surface area is 159 Å². The van der Waals surface area contributed by atoms with Crippen LogP contribution >= 0.6 is 23.2 Å². The summed E-state index contributed by atoms with van der Waals surface area (Å²) in [4.78, 5) is 14.2. The molecule has 3 nitrogen and oxygen atoms in total. The van der Waals surface area contributed by atoms with E-state index in [2.05, 4.69) is 50.4 Å². The molecule has 0 aliphatic rings. The number of benzene rings is 2. The van der Waals surface area contributed by atoms with E-state index in [-0.39, 0.29) is 17.9 Å². The van der Waals surface area contributed by atoms with Crippen LogP contribution in [-0.4, -0.2) is 24.4 Å². The molecule has 1 N–H and O–H groups in total. The van der Waals surface area contributed by atoms with E-state index in [9.17, 15) is 4.79 Å². The van der Waals surface area contributed by atoms with E-state index in [1.807, 2.05) is 11.9 Å². The summed E-state index contributed by atoms with van der Waals surface area (Å²) in [6, 6.07) is 13.7. The first-order valence-corrected chi connectivity index (χ1v) is 8.94. The van der Waals surface area contributed by atoms with E-state index in [1.165, 1.54) is 11.1 Å². The molecule has 25 heavy (non-hydrogen) atoms. The first-order valence-electron chi connectivity index (χ1n) is 8.18. The summed E-state index contributed by atoms with van der Waals surface area (Å²) in [6.45, 7) is 7.52. The van der Waals surface area contributed by atoms with Gasteiger partial charge in [-0.2, -0.15) is 0 Å². The van der Waals surface area contributed by atoms with Gasteiger partial charge in [0.1, 0.15) is 0 Å². The standard InChI is InChI=1S/C20H24Cl2N2O/c1-20(2,3)15-10-8-14(9-11-15)12-24(4)13-18(25)23-19-16(21)6-5-7-17(19)22/h5-11H,12-13H2,1-4H3,(H,23,25). The van der Waals surface area contributed by atoms with E-state index < -0.39 is 0 Å². The molecular weight excluding hydrogens is 355 g/mol. The zero-order valence-electron chi connectivity index (χ0n) is 15.1. The number of rotatable bonds is 5. The van der Waals surface area contributed by atoms with Gasteiger partial charge in [-0.1, -0.05) is 74.3 Å². The fraction of sp³-hybridized carbons (Fsp3) is 0.350. The number of anilines is 1. The van der Waals surface area contributed by atoms with Gasteiger partial charge < -0.3 is 5.32 Å². The molecule has 0 fully saturated rings. The minimum atomic E-state index is -0.149. The molecule has 5 heteroatoms. The van der Waals surface area contributed by atoms with E-state index in [0.717, 1.165) is 0 Å². The molecule has 1 amide bonds. The highest BCUT2D eigenvalue weighted by molar-refractivity contribution is 6.39. The van der Waals surface area contributed by atoms with Gasteiger partial charge in [0, 0.05) is 6.54 Å². The third kappa shape index (κ3) is 5.74. The Morgan fingerprint density at radius 1 is 1.04 bits per heavy atom. The normalized spacial score (nSPS) is 11.6. The number of para-hydroxylation sites is 1. The average Bonchev–Trinajstić information content (AvgIpc) is 2.50. The molecular formula is C20H24Cl2N2O. The van der Waals surface area contributed by atoms with Crippen LogP contribution in [0.3, 0.4) is 0 Å². The largest absolute Gasteiger partial charge is 0.322 e. The molecule has 0 saturated heterocycles. The minimum Gasteiger partial charge on any atom is -0.322 e. The maximum Gasteiger partial charge on any atom is 0.238 e. The van der Waals surface area contributed by atoms with Gasteiger partial charge in [-0.3, -0.25) is 9.69 Å². The average molecular weight is 379 g/mol. The highest BCUT2D eigenvalue weighted by Crippen LogP contribution is 2.29.